The summed E-state index contributed by atoms with van der Waals surface area (Å²) in [4.78, 5) is 12.6. The molecule has 0 aliphatic heterocycles. The number of nitrogens with zero attached hydrogens (tertiary/aromatic N) is 3. The molecule has 0 amide bonds. The fourth-order valence-corrected chi connectivity index (χ4v) is 2.10. The Bertz CT molecular complexity index is 598. The second kappa shape index (κ2) is 6.26. The topological polar surface area (TPSA) is 62.7 Å². The van der Waals surface area contributed by atoms with Gasteiger partial charge in [-0.3, -0.25) is 0 Å². The van der Waals surface area contributed by atoms with E-state index >= 15 is 0 Å². The molecule has 0 aliphatic carbocycles. The van der Waals surface area contributed by atoms with Crippen molar-refractivity contribution in [1.82, 2.24) is 15.0 Å². The van der Waals surface area contributed by atoms with Crippen molar-refractivity contribution in [2.75, 3.05) is 10.6 Å². The lowest BCUT2D eigenvalue weighted by Crippen LogP contribution is -2.29. The van der Waals surface area contributed by atoms with E-state index in [2.05, 4.69) is 51.6 Å². The van der Waals surface area contributed by atoms with E-state index in [0.717, 1.165) is 5.56 Å². The van der Waals surface area contributed by atoms with Crippen LogP contribution in [0, 0.1) is 0 Å². The molecule has 0 saturated heterocycles. The average molecular weight is 306 g/mol. The lowest BCUT2D eigenvalue weighted by Gasteiger charge is -2.27. The summed E-state index contributed by atoms with van der Waals surface area (Å²) >= 11 is 5.97. The minimum atomic E-state index is -0.318. The van der Waals surface area contributed by atoms with Crippen molar-refractivity contribution in [1.29, 1.82) is 0 Å². The van der Waals surface area contributed by atoms with Crippen LogP contribution in [0.3, 0.4) is 0 Å². The number of aromatic nitrogens is 3. The third-order valence-corrected chi connectivity index (χ3v) is 3.11. The highest BCUT2D eigenvalue weighted by atomic mass is 35.5. The Balaban J connectivity index is 2.24. The second-order valence-electron chi connectivity index (χ2n) is 5.67. The molecule has 2 aromatic rings. The lowest BCUT2D eigenvalue weighted by molar-refractivity contribution is 0.601. The maximum Gasteiger partial charge on any atom is 0.229 e. The van der Waals surface area contributed by atoms with Gasteiger partial charge in [0.2, 0.25) is 17.2 Å². The molecule has 0 radical (unpaired) electrons. The summed E-state index contributed by atoms with van der Waals surface area (Å²) in [7, 11) is 0. The number of hydrogen-bond acceptors (Lipinski definition) is 5. The van der Waals surface area contributed by atoms with Crippen molar-refractivity contribution >= 4 is 23.5 Å². The molecule has 112 valence electrons. The van der Waals surface area contributed by atoms with Gasteiger partial charge in [-0.25, -0.2) is 0 Å². The molecule has 0 unspecified atom stereocenters. The second-order valence-corrected chi connectivity index (χ2v) is 6.00. The highest BCUT2D eigenvalue weighted by molar-refractivity contribution is 6.28. The Kier molecular flexibility index (Phi) is 4.63. The standard InChI is InChI=1S/C15H20ClN5/c1-10(2)17-13-18-12(16)19-14(20-13)21-15(3,4)11-8-6-5-7-9-11/h5-10H,1-4H3,(H2,17,18,19,20,21). The van der Waals surface area contributed by atoms with Crippen LogP contribution in [0.1, 0.15) is 33.3 Å². The van der Waals surface area contributed by atoms with Gasteiger partial charge in [0.1, 0.15) is 0 Å². The highest BCUT2D eigenvalue weighted by Crippen LogP contribution is 2.24. The Hall–Kier alpha value is -1.88. The van der Waals surface area contributed by atoms with Gasteiger partial charge in [0.05, 0.1) is 5.54 Å². The zero-order valence-electron chi connectivity index (χ0n) is 12.7. The van der Waals surface area contributed by atoms with Crippen molar-refractivity contribution in [2.24, 2.45) is 0 Å². The van der Waals surface area contributed by atoms with Crippen LogP contribution in [0.2, 0.25) is 5.28 Å². The van der Waals surface area contributed by atoms with E-state index in [1.165, 1.54) is 0 Å². The van der Waals surface area contributed by atoms with Gasteiger partial charge in [-0.1, -0.05) is 30.3 Å². The monoisotopic (exact) mass is 305 g/mol. The van der Waals surface area contributed by atoms with Crippen LogP contribution >= 0.6 is 11.6 Å². The van der Waals surface area contributed by atoms with E-state index in [0.29, 0.717) is 11.9 Å². The average Bonchev–Trinajstić information content (AvgIpc) is 2.37. The number of rotatable bonds is 5. The highest BCUT2D eigenvalue weighted by Gasteiger charge is 2.21. The first-order valence-corrected chi connectivity index (χ1v) is 7.26. The minimum Gasteiger partial charge on any atom is -0.352 e. The molecular weight excluding hydrogens is 286 g/mol. The summed E-state index contributed by atoms with van der Waals surface area (Å²) in [5.41, 5.74) is 0.820. The normalized spacial score (nSPS) is 11.5. The van der Waals surface area contributed by atoms with Crippen molar-refractivity contribution in [2.45, 2.75) is 39.3 Å². The SMILES string of the molecule is CC(C)Nc1nc(Cl)nc(NC(C)(C)c2ccccc2)n1. The molecule has 1 heterocycles. The molecule has 1 aromatic carbocycles. The van der Waals surface area contributed by atoms with E-state index < -0.39 is 0 Å². The van der Waals surface area contributed by atoms with Gasteiger partial charge in [-0.05, 0) is 44.9 Å². The first-order chi connectivity index (χ1) is 9.87. The van der Waals surface area contributed by atoms with Crippen LogP contribution < -0.4 is 10.6 Å². The molecular formula is C15H20ClN5. The van der Waals surface area contributed by atoms with Crippen LogP contribution in [0.4, 0.5) is 11.9 Å². The van der Waals surface area contributed by atoms with Crippen molar-refractivity contribution < 1.29 is 0 Å². The van der Waals surface area contributed by atoms with E-state index in [1.807, 2.05) is 32.0 Å². The van der Waals surface area contributed by atoms with Gasteiger partial charge in [-0.2, -0.15) is 15.0 Å². The molecule has 0 fully saturated rings. The fraction of sp³-hybridized carbons (Fsp3) is 0.400. The zero-order chi connectivity index (χ0) is 15.5. The van der Waals surface area contributed by atoms with Crippen molar-refractivity contribution in [3.63, 3.8) is 0 Å². The summed E-state index contributed by atoms with van der Waals surface area (Å²) in [6, 6.07) is 10.3. The molecule has 5 nitrogen and oxygen atoms in total. The van der Waals surface area contributed by atoms with Crippen molar-refractivity contribution in [3.8, 4) is 0 Å². The van der Waals surface area contributed by atoms with Crippen LogP contribution in [0.5, 0.6) is 0 Å². The Morgan fingerprint density at radius 3 is 2.24 bits per heavy atom. The number of nitrogens with one attached hydrogen (secondary N) is 2. The largest absolute Gasteiger partial charge is 0.352 e. The molecule has 6 heteroatoms. The third-order valence-electron chi connectivity index (χ3n) is 2.95. The maximum atomic E-state index is 5.97. The van der Waals surface area contributed by atoms with Gasteiger partial charge >= 0.3 is 0 Å². The third kappa shape index (κ3) is 4.29. The molecule has 2 N–H and O–H groups in total. The number of benzene rings is 1. The zero-order valence-corrected chi connectivity index (χ0v) is 13.4. The van der Waals surface area contributed by atoms with Gasteiger partial charge in [-0.15, -0.1) is 0 Å². The van der Waals surface area contributed by atoms with Crippen LogP contribution in [-0.2, 0) is 5.54 Å². The van der Waals surface area contributed by atoms with E-state index in [-0.39, 0.29) is 16.9 Å². The van der Waals surface area contributed by atoms with Gasteiger partial charge in [0, 0.05) is 6.04 Å². The van der Waals surface area contributed by atoms with Gasteiger partial charge < -0.3 is 10.6 Å². The quantitative estimate of drug-likeness (QED) is 0.882. The molecule has 0 spiro atoms. The Labute approximate surface area is 130 Å². The van der Waals surface area contributed by atoms with Crippen LogP contribution in [-0.4, -0.2) is 21.0 Å². The summed E-state index contributed by atoms with van der Waals surface area (Å²) < 4.78 is 0. The first kappa shape index (κ1) is 15.5. The lowest BCUT2D eigenvalue weighted by atomic mass is 9.95. The van der Waals surface area contributed by atoms with Gasteiger partial charge in [0.15, 0.2) is 0 Å². The predicted octanol–water partition coefficient (Wildman–Crippen LogP) is 3.69. The summed E-state index contributed by atoms with van der Waals surface area (Å²) in [5, 5.41) is 6.59. The smallest absolute Gasteiger partial charge is 0.229 e. The minimum absolute atomic E-state index is 0.166. The van der Waals surface area contributed by atoms with Crippen molar-refractivity contribution in [3.05, 3.63) is 41.2 Å². The number of halogens is 1. The summed E-state index contributed by atoms with van der Waals surface area (Å²) in [6.07, 6.45) is 0. The molecule has 0 atom stereocenters. The predicted molar refractivity (Wildman–Crippen MR) is 86.7 cm³/mol. The summed E-state index contributed by atoms with van der Waals surface area (Å²) in [6.45, 7) is 8.16. The molecule has 21 heavy (non-hydrogen) atoms. The maximum absolute atomic E-state index is 5.97. The molecule has 0 saturated carbocycles. The molecule has 0 bridgehead atoms. The Morgan fingerprint density at radius 1 is 1.00 bits per heavy atom. The van der Waals surface area contributed by atoms with E-state index in [4.69, 9.17) is 11.6 Å². The number of anilines is 2. The molecule has 0 aliphatic rings. The van der Waals surface area contributed by atoms with Gasteiger partial charge in [0.25, 0.3) is 0 Å². The molecule has 1 aromatic heterocycles. The molecule has 2 rings (SSSR count). The summed E-state index contributed by atoms with van der Waals surface area (Å²) in [5.74, 6) is 0.920. The first-order valence-electron chi connectivity index (χ1n) is 6.88. The fourth-order valence-electron chi connectivity index (χ4n) is 1.94. The van der Waals surface area contributed by atoms with E-state index in [9.17, 15) is 0 Å². The Morgan fingerprint density at radius 2 is 1.62 bits per heavy atom. The van der Waals surface area contributed by atoms with E-state index in [1.54, 1.807) is 0 Å². The number of hydrogen-bond donors (Lipinski definition) is 2. The van der Waals surface area contributed by atoms with Crippen LogP contribution in [0.25, 0.3) is 0 Å². The van der Waals surface area contributed by atoms with Crippen LogP contribution in [0.15, 0.2) is 30.3 Å².